The number of hydrogen-bond acceptors (Lipinski definition) is 5. The number of ether oxygens (including phenoxy) is 1. The number of nitrogens with one attached hydrogen (secondary N) is 2. The van der Waals surface area contributed by atoms with Crippen LogP contribution in [0.3, 0.4) is 0 Å². The summed E-state index contributed by atoms with van der Waals surface area (Å²) >= 11 is 6.73. The van der Waals surface area contributed by atoms with Gasteiger partial charge in [0, 0.05) is 25.0 Å². The molecule has 1 fully saturated rings. The Hall–Kier alpha value is -3.42. The first-order valence-corrected chi connectivity index (χ1v) is 10.6. The molecule has 2 aromatic carbocycles. The number of imide groups is 1. The molecule has 2 aliphatic heterocycles. The van der Waals surface area contributed by atoms with E-state index in [9.17, 15) is 9.59 Å². The molecule has 3 heterocycles. The van der Waals surface area contributed by atoms with Crippen molar-refractivity contribution in [3.05, 3.63) is 76.5 Å². The zero-order chi connectivity index (χ0) is 22.3. The summed E-state index contributed by atoms with van der Waals surface area (Å²) in [5, 5.41) is 6.31. The minimum Gasteiger partial charge on any atom is -0.497 e. The Balaban J connectivity index is 1.46. The number of para-hydroxylation sites is 1. The molecule has 1 saturated heterocycles. The van der Waals surface area contributed by atoms with Gasteiger partial charge in [-0.3, -0.25) is 15.0 Å². The second kappa shape index (κ2) is 7.93. The summed E-state index contributed by atoms with van der Waals surface area (Å²) in [6.45, 7) is 1.49. The smallest absolute Gasteiger partial charge is 0.322 e. The van der Waals surface area contributed by atoms with E-state index in [1.165, 1.54) is 0 Å². The van der Waals surface area contributed by atoms with Crippen LogP contribution in [0.25, 0.3) is 17.0 Å². The molecule has 162 valence electrons. The summed E-state index contributed by atoms with van der Waals surface area (Å²) in [7, 11) is 1.63. The highest BCUT2D eigenvalue weighted by atomic mass is 35.5. The molecular formula is C24H21ClN4O3. The lowest BCUT2D eigenvalue weighted by molar-refractivity contribution is -0.123. The lowest BCUT2D eigenvalue weighted by Crippen LogP contribution is -2.54. The van der Waals surface area contributed by atoms with Crippen LogP contribution in [0.2, 0.25) is 0 Å². The number of carbonyl (C=O) groups excluding carboxylic acids is 2. The van der Waals surface area contributed by atoms with E-state index < -0.39 is 17.5 Å². The van der Waals surface area contributed by atoms with Crippen molar-refractivity contribution in [3.63, 3.8) is 0 Å². The molecule has 0 saturated carbocycles. The van der Waals surface area contributed by atoms with Gasteiger partial charge in [0.1, 0.15) is 5.75 Å². The average molecular weight is 449 g/mol. The van der Waals surface area contributed by atoms with E-state index in [0.717, 1.165) is 27.8 Å². The molecule has 3 amide bonds. The quantitative estimate of drug-likeness (QED) is 0.584. The zero-order valence-corrected chi connectivity index (χ0v) is 18.1. The molecular weight excluding hydrogens is 428 g/mol. The fourth-order valence-corrected chi connectivity index (χ4v) is 4.58. The van der Waals surface area contributed by atoms with Gasteiger partial charge in [-0.2, -0.15) is 0 Å². The van der Waals surface area contributed by atoms with Gasteiger partial charge < -0.3 is 10.1 Å². The molecule has 0 radical (unpaired) electrons. The summed E-state index contributed by atoms with van der Waals surface area (Å²) in [6.07, 6.45) is 1.64. The van der Waals surface area contributed by atoms with Gasteiger partial charge >= 0.3 is 6.03 Å². The van der Waals surface area contributed by atoms with Gasteiger partial charge in [0.05, 0.1) is 23.4 Å². The number of urea groups is 1. The number of fused-ring (bicyclic) bond motifs is 2. The highest BCUT2D eigenvalue weighted by Crippen LogP contribution is 2.33. The summed E-state index contributed by atoms with van der Waals surface area (Å²) < 4.78 is 5.32. The van der Waals surface area contributed by atoms with Gasteiger partial charge in [-0.15, -0.1) is 0 Å². The maximum atomic E-state index is 12.9. The number of aromatic nitrogens is 1. The first-order valence-electron chi connectivity index (χ1n) is 10.2. The first-order chi connectivity index (χ1) is 15.5. The molecule has 0 unspecified atom stereocenters. The van der Waals surface area contributed by atoms with E-state index in [1.807, 2.05) is 54.6 Å². The minimum absolute atomic E-state index is 0.206. The van der Waals surface area contributed by atoms with Crippen LogP contribution in [0, 0.1) is 0 Å². The number of pyridine rings is 1. The van der Waals surface area contributed by atoms with Crippen LogP contribution in [-0.2, 0) is 17.9 Å². The monoisotopic (exact) mass is 448 g/mol. The number of rotatable bonds is 5. The van der Waals surface area contributed by atoms with E-state index in [-0.39, 0.29) is 11.6 Å². The van der Waals surface area contributed by atoms with Gasteiger partial charge in [0.2, 0.25) is 0 Å². The molecule has 0 spiro atoms. The number of amides is 3. The zero-order valence-electron chi connectivity index (χ0n) is 17.4. The lowest BCUT2D eigenvalue weighted by Gasteiger charge is -2.30. The first kappa shape index (κ1) is 20.5. The van der Waals surface area contributed by atoms with Crippen molar-refractivity contribution in [2.24, 2.45) is 0 Å². The van der Waals surface area contributed by atoms with Crippen LogP contribution in [0.4, 0.5) is 4.79 Å². The Labute approximate surface area is 190 Å². The third-order valence-electron chi connectivity index (χ3n) is 5.91. The molecule has 1 atom stereocenters. The van der Waals surface area contributed by atoms with Gasteiger partial charge in [0.25, 0.3) is 5.91 Å². The summed E-state index contributed by atoms with van der Waals surface area (Å²) in [5.74, 6) is 0.311. The summed E-state index contributed by atoms with van der Waals surface area (Å²) in [5.41, 5.74) is 2.32. The van der Waals surface area contributed by atoms with Crippen molar-refractivity contribution in [2.75, 3.05) is 13.7 Å². The molecule has 3 aromatic rings. The SMILES string of the molecule is COc1ccc2c(c1)CN(C[C@@]1(C(Cl)=Cc3ccc4ccccc4n3)NC(=O)NC1=O)C2. The maximum absolute atomic E-state index is 12.9. The Morgan fingerprint density at radius 2 is 1.97 bits per heavy atom. The number of hydrogen-bond donors (Lipinski definition) is 2. The largest absolute Gasteiger partial charge is 0.497 e. The van der Waals surface area contributed by atoms with Gasteiger partial charge in [-0.25, -0.2) is 9.78 Å². The molecule has 8 heteroatoms. The highest BCUT2D eigenvalue weighted by Gasteiger charge is 2.50. The highest BCUT2D eigenvalue weighted by molar-refractivity contribution is 6.36. The van der Waals surface area contributed by atoms with Crippen LogP contribution >= 0.6 is 11.6 Å². The van der Waals surface area contributed by atoms with Crippen molar-refractivity contribution in [3.8, 4) is 5.75 Å². The van der Waals surface area contributed by atoms with Crippen LogP contribution < -0.4 is 15.4 Å². The fourth-order valence-electron chi connectivity index (χ4n) is 4.28. The van der Waals surface area contributed by atoms with Gasteiger partial charge in [-0.05, 0) is 41.5 Å². The standard InChI is InChI=1S/C24H21ClN4O3/c1-32-19-9-7-16-12-29(13-17(16)10-19)14-24(22(30)27-23(31)28-24)21(25)11-18-8-6-15-4-2-3-5-20(15)26-18/h2-11H,12-14H2,1H3,(H2,27,28,30,31)/t24-/m0/s1. The molecule has 5 rings (SSSR count). The van der Waals surface area contributed by atoms with Crippen molar-refractivity contribution in [2.45, 2.75) is 18.6 Å². The Morgan fingerprint density at radius 3 is 2.75 bits per heavy atom. The summed E-state index contributed by atoms with van der Waals surface area (Å²) in [6, 6.07) is 16.9. The van der Waals surface area contributed by atoms with Crippen molar-refractivity contribution in [1.29, 1.82) is 0 Å². The van der Waals surface area contributed by atoms with Crippen LogP contribution in [-0.4, -0.2) is 41.0 Å². The lowest BCUT2D eigenvalue weighted by atomic mass is 9.97. The number of halogens is 1. The Kier molecular flexibility index (Phi) is 5.07. The molecule has 0 bridgehead atoms. The number of methoxy groups -OCH3 is 1. The second-order valence-corrected chi connectivity index (χ2v) is 8.42. The number of nitrogens with zero attached hydrogens (tertiary/aromatic N) is 2. The third-order valence-corrected chi connectivity index (χ3v) is 6.34. The Bertz CT molecular complexity index is 1280. The minimum atomic E-state index is -1.39. The Morgan fingerprint density at radius 1 is 1.16 bits per heavy atom. The van der Waals surface area contributed by atoms with Gasteiger partial charge in [-0.1, -0.05) is 41.9 Å². The molecule has 7 nitrogen and oxygen atoms in total. The van der Waals surface area contributed by atoms with E-state index in [4.69, 9.17) is 16.3 Å². The molecule has 0 aliphatic carbocycles. The van der Waals surface area contributed by atoms with Crippen molar-refractivity contribution in [1.82, 2.24) is 20.5 Å². The van der Waals surface area contributed by atoms with Crippen LogP contribution in [0.1, 0.15) is 16.8 Å². The normalized spacial score (nSPS) is 20.9. The molecule has 2 aliphatic rings. The van der Waals surface area contributed by atoms with E-state index in [1.54, 1.807) is 13.2 Å². The predicted octanol–water partition coefficient (Wildman–Crippen LogP) is 3.42. The molecule has 1 aromatic heterocycles. The average Bonchev–Trinajstić information content (AvgIpc) is 3.32. The van der Waals surface area contributed by atoms with E-state index in [2.05, 4.69) is 20.5 Å². The van der Waals surface area contributed by atoms with Crippen molar-refractivity contribution >= 4 is 40.5 Å². The predicted molar refractivity (Wildman–Crippen MR) is 122 cm³/mol. The van der Waals surface area contributed by atoms with Gasteiger partial charge in [0.15, 0.2) is 5.54 Å². The maximum Gasteiger partial charge on any atom is 0.322 e. The topological polar surface area (TPSA) is 83.6 Å². The number of benzene rings is 2. The summed E-state index contributed by atoms with van der Waals surface area (Å²) in [4.78, 5) is 31.7. The fraction of sp³-hybridized carbons (Fsp3) is 0.208. The third kappa shape index (κ3) is 3.59. The van der Waals surface area contributed by atoms with E-state index >= 15 is 0 Å². The second-order valence-electron chi connectivity index (χ2n) is 8.01. The van der Waals surface area contributed by atoms with Crippen LogP contribution in [0.15, 0.2) is 59.6 Å². The van der Waals surface area contributed by atoms with E-state index in [0.29, 0.717) is 18.8 Å². The molecule has 2 N–H and O–H groups in total. The molecule has 32 heavy (non-hydrogen) atoms. The van der Waals surface area contributed by atoms with Crippen molar-refractivity contribution < 1.29 is 14.3 Å². The number of carbonyl (C=O) groups is 2. The van der Waals surface area contributed by atoms with Crippen LogP contribution in [0.5, 0.6) is 5.75 Å².